The Morgan fingerprint density at radius 1 is 0.962 bits per heavy atom. The highest BCUT2D eigenvalue weighted by Gasteiger charge is 2.30. The molecule has 3 rings (SSSR count). The molecule has 2 heterocycles. The lowest BCUT2D eigenvalue weighted by Crippen LogP contribution is -2.46. The van der Waals surface area contributed by atoms with Crippen LogP contribution in [0.3, 0.4) is 0 Å². The molecule has 1 aromatic heterocycles. The molecule has 26 heavy (non-hydrogen) atoms. The standard InChI is InChI=1S/C19H22F3N3S/c20-19(21,22)16-5-7-17(8-6-16)25-13-11-24(12-14-25)10-3-15-26-18-4-1-2-9-23-18/h1-2,4-9H,3,10-15H2. The Bertz CT molecular complexity index is 669. The van der Waals surface area contributed by atoms with E-state index in [0.29, 0.717) is 0 Å². The number of thioether (sulfide) groups is 1. The third kappa shape index (κ3) is 5.38. The molecule has 2 aromatic rings. The molecule has 0 unspecified atom stereocenters. The Morgan fingerprint density at radius 3 is 2.31 bits per heavy atom. The molecule has 1 fully saturated rings. The number of pyridine rings is 1. The van der Waals surface area contributed by atoms with Gasteiger partial charge < -0.3 is 4.90 Å². The van der Waals surface area contributed by atoms with Crippen LogP contribution in [-0.4, -0.2) is 48.4 Å². The summed E-state index contributed by atoms with van der Waals surface area (Å²) in [6, 6.07) is 11.4. The second-order valence-corrected chi connectivity index (χ2v) is 7.36. The summed E-state index contributed by atoms with van der Waals surface area (Å²) in [6.45, 7) is 4.61. The maximum Gasteiger partial charge on any atom is 0.416 e. The van der Waals surface area contributed by atoms with Crippen LogP contribution in [0.2, 0.25) is 0 Å². The van der Waals surface area contributed by atoms with E-state index in [2.05, 4.69) is 14.8 Å². The second-order valence-electron chi connectivity index (χ2n) is 6.24. The van der Waals surface area contributed by atoms with Gasteiger partial charge in [0.15, 0.2) is 0 Å². The van der Waals surface area contributed by atoms with Crippen molar-refractivity contribution in [2.75, 3.05) is 43.4 Å². The van der Waals surface area contributed by atoms with Crippen molar-refractivity contribution in [2.45, 2.75) is 17.6 Å². The molecule has 1 aliphatic rings. The van der Waals surface area contributed by atoms with Crippen LogP contribution in [0.25, 0.3) is 0 Å². The smallest absolute Gasteiger partial charge is 0.369 e. The zero-order chi connectivity index (χ0) is 18.4. The third-order valence-corrected chi connectivity index (χ3v) is 5.47. The maximum absolute atomic E-state index is 12.6. The van der Waals surface area contributed by atoms with Crippen molar-refractivity contribution < 1.29 is 13.2 Å². The van der Waals surface area contributed by atoms with Gasteiger partial charge in [-0.05, 0) is 49.4 Å². The van der Waals surface area contributed by atoms with Crippen molar-refractivity contribution >= 4 is 17.4 Å². The SMILES string of the molecule is FC(F)(F)c1ccc(N2CCN(CCCSc3ccccn3)CC2)cc1. The van der Waals surface area contributed by atoms with Crippen molar-refractivity contribution in [2.24, 2.45) is 0 Å². The Morgan fingerprint density at radius 2 is 1.69 bits per heavy atom. The second kappa shape index (κ2) is 8.77. The molecule has 0 spiro atoms. The predicted octanol–water partition coefficient (Wildman–Crippen LogP) is 4.40. The zero-order valence-electron chi connectivity index (χ0n) is 14.5. The largest absolute Gasteiger partial charge is 0.416 e. The van der Waals surface area contributed by atoms with E-state index in [9.17, 15) is 13.2 Å². The lowest BCUT2D eigenvalue weighted by molar-refractivity contribution is -0.137. The molecule has 0 saturated carbocycles. The number of benzene rings is 1. The van der Waals surface area contributed by atoms with Gasteiger partial charge in [0, 0.05) is 43.8 Å². The maximum atomic E-state index is 12.6. The lowest BCUT2D eigenvalue weighted by Gasteiger charge is -2.36. The predicted molar refractivity (Wildman–Crippen MR) is 99.7 cm³/mol. The van der Waals surface area contributed by atoms with E-state index in [1.807, 2.05) is 24.4 Å². The molecule has 140 valence electrons. The molecule has 0 amide bonds. The zero-order valence-corrected chi connectivity index (χ0v) is 15.3. The van der Waals surface area contributed by atoms with Gasteiger partial charge >= 0.3 is 6.18 Å². The average Bonchev–Trinajstić information content (AvgIpc) is 2.66. The average molecular weight is 381 g/mol. The van der Waals surface area contributed by atoms with Gasteiger partial charge in [-0.2, -0.15) is 13.2 Å². The van der Waals surface area contributed by atoms with Gasteiger partial charge in [0.05, 0.1) is 10.6 Å². The molecule has 7 heteroatoms. The minimum Gasteiger partial charge on any atom is -0.369 e. The topological polar surface area (TPSA) is 19.4 Å². The van der Waals surface area contributed by atoms with Crippen LogP contribution in [0.5, 0.6) is 0 Å². The molecule has 0 aliphatic carbocycles. The fourth-order valence-electron chi connectivity index (χ4n) is 2.99. The van der Waals surface area contributed by atoms with E-state index in [0.717, 1.165) is 67.7 Å². The van der Waals surface area contributed by atoms with E-state index >= 15 is 0 Å². The number of hydrogen-bond acceptors (Lipinski definition) is 4. The van der Waals surface area contributed by atoms with Gasteiger partial charge in [0.1, 0.15) is 0 Å². The number of nitrogens with zero attached hydrogens (tertiary/aromatic N) is 3. The minimum absolute atomic E-state index is 0.592. The molecule has 0 N–H and O–H groups in total. The van der Waals surface area contributed by atoms with E-state index in [1.54, 1.807) is 23.9 Å². The summed E-state index contributed by atoms with van der Waals surface area (Å²) in [4.78, 5) is 8.87. The van der Waals surface area contributed by atoms with Crippen molar-refractivity contribution in [1.29, 1.82) is 0 Å². The van der Waals surface area contributed by atoms with Crippen LogP contribution in [0.1, 0.15) is 12.0 Å². The van der Waals surface area contributed by atoms with Gasteiger partial charge in [-0.25, -0.2) is 4.98 Å². The number of anilines is 1. The summed E-state index contributed by atoms with van der Waals surface area (Å²) < 4.78 is 37.9. The van der Waals surface area contributed by atoms with E-state index < -0.39 is 11.7 Å². The van der Waals surface area contributed by atoms with Crippen molar-refractivity contribution in [3.8, 4) is 0 Å². The van der Waals surface area contributed by atoms with Gasteiger partial charge in [0.2, 0.25) is 0 Å². The number of hydrogen-bond donors (Lipinski definition) is 0. The van der Waals surface area contributed by atoms with Crippen LogP contribution in [-0.2, 0) is 6.18 Å². The van der Waals surface area contributed by atoms with E-state index in [1.165, 1.54) is 0 Å². The van der Waals surface area contributed by atoms with E-state index in [-0.39, 0.29) is 0 Å². The lowest BCUT2D eigenvalue weighted by atomic mass is 10.1. The van der Waals surface area contributed by atoms with Crippen molar-refractivity contribution in [3.63, 3.8) is 0 Å². The first-order chi connectivity index (χ1) is 12.5. The molecule has 1 aliphatic heterocycles. The Kier molecular flexibility index (Phi) is 6.43. The summed E-state index contributed by atoms with van der Waals surface area (Å²) in [7, 11) is 0. The summed E-state index contributed by atoms with van der Waals surface area (Å²) in [5.74, 6) is 1.04. The van der Waals surface area contributed by atoms with Gasteiger partial charge in [-0.3, -0.25) is 4.90 Å². The number of halogens is 3. The molecular formula is C19H22F3N3S. The monoisotopic (exact) mass is 381 g/mol. The fourth-order valence-corrected chi connectivity index (χ4v) is 3.78. The number of alkyl halides is 3. The van der Waals surface area contributed by atoms with Crippen LogP contribution in [0.4, 0.5) is 18.9 Å². The number of piperazine rings is 1. The van der Waals surface area contributed by atoms with Gasteiger partial charge in [-0.1, -0.05) is 6.07 Å². The van der Waals surface area contributed by atoms with Gasteiger partial charge in [0.25, 0.3) is 0 Å². The summed E-state index contributed by atoms with van der Waals surface area (Å²) in [6.07, 6.45) is -1.37. The first-order valence-electron chi connectivity index (χ1n) is 8.71. The highest BCUT2D eigenvalue weighted by Crippen LogP contribution is 2.30. The Hall–Kier alpha value is -1.73. The summed E-state index contributed by atoms with van der Waals surface area (Å²) >= 11 is 1.77. The highest BCUT2D eigenvalue weighted by atomic mass is 32.2. The van der Waals surface area contributed by atoms with Crippen molar-refractivity contribution in [1.82, 2.24) is 9.88 Å². The van der Waals surface area contributed by atoms with Crippen molar-refractivity contribution in [3.05, 3.63) is 54.2 Å². The highest BCUT2D eigenvalue weighted by molar-refractivity contribution is 7.99. The Balaban J connectivity index is 1.39. The quantitative estimate of drug-likeness (QED) is 0.545. The molecule has 0 atom stereocenters. The van der Waals surface area contributed by atoms with Crippen LogP contribution < -0.4 is 4.90 Å². The fraction of sp³-hybridized carbons (Fsp3) is 0.421. The molecule has 0 bridgehead atoms. The number of aromatic nitrogens is 1. The minimum atomic E-state index is -4.27. The number of rotatable bonds is 6. The molecule has 0 radical (unpaired) electrons. The summed E-state index contributed by atoms with van der Waals surface area (Å²) in [5.41, 5.74) is 0.272. The van der Waals surface area contributed by atoms with Crippen LogP contribution in [0.15, 0.2) is 53.7 Å². The van der Waals surface area contributed by atoms with Crippen LogP contribution >= 0.6 is 11.8 Å². The summed E-state index contributed by atoms with van der Waals surface area (Å²) in [5, 5.41) is 1.06. The molecule has 1 saturated heterocycles. The molecular weight excluding hydrogens is 359 g/mol. The molecule has 3 nitrogen and oxygen atoms in total. The Labute approximate surface area is 156 Å². The first-order valence-corrected chi connectivity index (χ1v) is 9.69. The van der Waals surface area contributed by atoms with Crippen LogP contribution in [0, 0.1) is 0 Å². The first kappa shape index (κ1) is 19.0. The molecule has 1 aromatic carbocycles. The van der Waals surface area contributed by atoms with E-state index in [4.69, 9.17) is 0 Å². The normalized spacial score (nSPS) is 16.0. The van der Waals surface area contributed by atoms with Gasteiger partial charge in [-0.15, -0.1) is 11.8 Å². The third-order valence-electron chi connectivity index (χ3n) is 4.44.